The SMILES string of the molecule is O=C1C=C2CCCCC=C2C1. The van der Waals surface area contributed by atoms with E-state index >= 15 is 0 Å². The fraction of sp³-hybridized carbons (Fsp3) is 0.500. The predicted molar refractivity (Wildman–Crippen MR) is 44.3 cm³/mol. The Hall–Kier alpha value is -0.850. The Morgan fingerprint density at radius 3 is 3.00 bits per heavy atom. The lowest BCUT2D eigenvalue weighted by Gasteiger charge is -1.97. The van der Waals surface area contributed by atoms with Crippen molar-refractivity contribution in [3.05, 3.63) is 23.3 Å². The van der Waals surface area contributed by atoms with Gasteiger partial charge < -0.3 is 0 Å². The molecule has 11 heavy (non-hydrogen) atoms. The zero-order valence-electron chi connectivity index (χ0n) is 6.60. The van der Waals surface area contributed by atoms with Gasteiger partial charge in [0.05, 0.1) is 0 Å². The van der Waals surface area contributed by atoms with Gasteiger partial charge in [-0.1, -0.05) is 6.08 Å². The average Bonchev–Trinajstić information content (AvgIpc) is 2.17. The highest BCUT2D eigenvalue weighted by Gasteiger charge is 2.18. The van der Waals surface area contributed by atoms with E-state index in [1.54, 1.807) is 0 Å². The molecule has 0 heterocycles. The summed E-state index contributed by atoms with van der Waals surface area (Å²) in [6.07, 6.45) is 9.57. The molecule has 0 aromatic heterocycles. The molecule has 2 aliphatic carbocycles. The van der Waals surface area contributed by atoms with Crippen LogP contribution in [0.4, 0.5) is 0 Å². The van der Waals surface area contributed by atoms with Gasteiger partial charge in [0.25, 0.3) is 0 Å². The van der Waals surface area contributed by atoms with E-state index < -0.39 is 0 Å². The number of hydrogen-bond donors (Lipinski definition) is 0. The molecule has 0 unspecified atom stereocenters. The number of carbonyl (C=O) groups excluding carboxylic acids is 1. The molecular formula is C10H12O. The smallest absolute Gasteiger partial charge is 0.160 e. The molecule has 0 bridgehead atoms. The molecule has 1 heteroatoms. The van der Waals surface area contributed by atoms with Crippen molar-refractivity contribution in [2.45, 2.75) is 32.1 Å². The van der Waals surface area contributed by atoms with Gasteiger partial charge in [0, 0.05) is 6.42 Å². The summed E-state index contributed by atoms with van der Waals surface area (Å²) in [6, 6.07) is 0. The van der Waals surface area contributed by atoms with Crippen LogP contribution in [-0.2, 0) is 4.79 Å². The van der Waals surface area contributed by atoms with Crippen LogP contribution in [-0.4, -0.2) is 5.78 Å². The molecule has 2 rings (SSSR count). The molecule has 0 fully saturated rings. The van der Waals surface area contributed by atoms with E-state index in [0.717, 1.165) is 6.42 Å². The van der Waals surface area contributed by atoms with Crippen molar-refractivity contribution in [2.75, 3.05) is 0 Å². The molecule has 0 aliphatic heterocycles. The molecule has 2 aliphatic rings. The second kappa shape index (κ2) is 2.65. The molecule has 0 atom stereocenters. The van der Waals surface area contributed by atoms with Crippen molar-refractivity contribution in [3.8, 4) is 0 Å². The number of fused-ring (bicyclic) bond motifs is 1. The van der Waals surface area contributed by atoms with Gasteiger partial charge in [-0.2, -0.15) is 0 Å². The fourth-order valence-electron chi connectivity index (χ4n) is 1.81. The monoisotopic (exact) mass is 148 g/mol. The molecule has 0 saturated carbocycles. The lowest BCUT2D eigenvalue weighted by molar-refractivity contribution is -0.113. The molecule has 0 saturated heterocycles. The second-order valence-electron chi connectivity index (χ2n) is 3.29. The Balaban J connectivity index is 2.28. The molecule has 0 N–H and O–H groups in total. The molecule has 0 radical (unpaired) electrons. The van der Waals surface area contributed by atoms with Crippen molar-refractivity contribution in [1.82, 2.24) is 0 Å². The van der Waals surface area contributed by atoms with Crippen molar-refractivity contribution < 1.29 is 4.79 Å². The number of allylic oxidation sites excluding steroid dienone is 4. The highest BCUT2D eigenvalue weighted by atomic mass is 16.1. The standard InChI is InChI=1S/C10H12O/c11-10-6-8-4-2-1-3-5-9(8)7-10/h4,7H,1-3,5-6H2. The first-order valence-corrected chi connectivity index (χ1v) is 4.29. The Labute approximate surface area is 66.8 Å². The van der Waals surface area contributed by atoms with Crippen LogP contribution in [0.2, 0.25) is 0 Å². The first-order valence-electron chi connectivity index (χ1n) is 4.29. The Bertz CT molecular complexity index is 246. The summed E-state index contributed by atoms with van der Waals surface area (Å²) >= 11 is 0. The van der Waals surface area contributed by atoms with Crippen molar-refractivity contribution in [3.63, 3.8) is 0 Å². The molecule has 0 aromatic rings. The van der Waals surface area contributed by atoms with Crippen molar-refractivity contribution >= 4 is 5.78 Å². The third kappa shape index (κ3) is 1.28. The molecule has 0 aromatic carbocycles. The van der Waals surface area contributed by atoms with Gasteiger partial charge in [0.15, 0.2) is 5.78 Å². The van der Waals surface area contributed by atoms with E-state index in [2.05, 4.69) is 6.08 Å². The summed E-state index contributed by atoms with van der Waals surface area (Å²) in [6.45, 7) is 0. The topological polar surface area (TPSA) is 17.1 Å². The third-order valence-corrected chi connectivity index (χ3v) is 2.40. The van der Waals surface area contributed by atoms with E-state index in [-0.39, 0.29) is 0 Å². The number of hydrogen-bond acceptors (Lipinski definition) is 1. The fourth-order valence-corrected chi connectivity index (χ4v) is 1.81. The minimum Gasteiger partial charge on any atom is -0.294 e. The van der Waals surface area contributed by atoms with Crippen LogP contribution in [0.3, 0.4) is 0 Å². The average molecular weight is 148 g/mol. The highest BCUT2D eigenvalue weighted by Crippen LogP contribution is 2.30. The van der Waals surface area contributed by atoms with E-state index in [1.807, 2.05) is 6.08 Å². The van der Waals surface area contributed by atoms with Crippen LogP contribution in [0, 0.1) is 0 Å². The van der Waals surface area contributed by atoms with Crippen LogP contribution >= 0.6 is 0 Å². The molecule has 0 amide bonds. The lowest BCUT2D eigenvalue weighted by Crippen LogP contribution is -1.84. The number of ketones is 1. The molecule has 0 spiro atoms. The molecular weight excluding hydrogens is 136 g/mol. The van der Waals surface area contributed by atoms with Gasteiger partial charge in [-0.3, -0.25) is 4.79 Å². The molecule has 58 valence electrons. The zero-order valence-corrected chi connectivity index (χ0v) is 6.60. The van der Waals surface area contributed by atoms with Crippen LogP contribution in [0.15, 0.2) is 23.3 Å². The number of carbonyl (C=O) groups is 1. The second-order valence-corrected chi connectivity index (χ2v) is 3.29. The summed E-state index contributed by atoms with van der Waals surface area (Å²) in [5.41, 5.74) is 2.63. The maximum atomic E-state index is 11.0. The predicted octanol–water partition coefficient (Wildman–Crippen LogP) is 2.39. The van der Waals surface area contributed by atoms with Crippen molar-refractivity contribution in [2.24, 2.45) is 0 Å². The summed E-state index contributed by atoms with van der Waals surface area (Å²) in [5.74, 6) is 0.299. The van der Waals surface area contributed by atoms with Gasteiger partial charge in [-0.05, 0) is 42.9 Å². The summed E-state index contributed by atoms with van der Waals surface area (Å²) < 4.78 is 0. The van der Waals surface area contributed by atoms with Crippen LogP contribution in [0.1, 0.15) is 32.1 Å². The Morgan fingerprint density at radius 2 is 2.09 bits per heavy atom. The highest BCUT2D eigenvalue weighted by molar-refractivity contribution is 5.97. The summed E-state index contributed by atoms with van der Waals surface area (Å²) in [4.78, 5) is 11.0. The minimum atomic E-state index is 0.299. The van der Waals surface area contributed by atoms with Gasteiger partial charge in [0.1, 0.15) is 0 Å². The van der Waals surface area contributed by atoms with Gasteiger partial charge in [-0.15, -0.1) is 0 Å². The van der Waals surface area contributed by atoms with Crippen LogP contribution in [0.25, 0.3) is 0 Å². The summed E-state index contributed by atoms with van der Waals surface area (Å²) in [7, 11) is 0. The van der Waals surface area contributed by atoms with E-state index in [1.165, 1.54) is 30.4 Å². The number of rotatable bonds is 0. The third-order valence-electron chi connectivity index (χ3n) is 2.40. The van der Waals surface area contributed by atoms with Gasteiger partial charge in [0.2, 0.25) is 0 Å². The van der Waals surface area contributed by atoms with E-state index in [4.69, 9.17) is 0 Å². The van der Waals surface area contributed by atoms with Crippen molar-refractivity contribution in [1.29, 1.82) is 0 Å². The normalized spacial score (nSPS) is 23.8. The first-order chi connectivity index (χ1) is 5.36. The maximum absolute atomic E-state index is 11.0. The quantitative estimate of drug-likeness (QED) is 0.515. The van der Waals surface area contributed by atoms with Gasteiger partial charge >= 0.3 is 0 Å². The zero-order chi connectivity index (χ0) is 7.68. The minimum absolute atomic E-state index is 0.299. The molecule has 1 nitrogen and oxygen atoms in total. The summed E-state index contributed by atoms with van der Waals surface area (Å²) in [5, 5.41) is 0. The lowest BCUT2D eigenvalue weighted by atomic mass is 10.1. The Kier molecular flexibility index (Phi) is 1.65. The maximum Gasteiger partial charge on any atom is 0.160 e. The Morgan fingerprint density at radius 1 is 1.18 bits per heavy atom. The van der Waals surface area contributed by atoms with E-state index in [0.29, 0.717) is 12.2 Å². The van der Waals surface area contributed by atoms with Crippen LogP contribution < -0.4 is 0 Å². The van der Waals surface area contributed by atoms with E-state index in [9.17, 15) is 4.79 Å². The van der Waals surface area contributed by atoms with Gasteiger partial charge in [-0.25, -0.2) is 0 Å². The van der Waals surface area contributed by atoms with Crippen LogP contribution in [0.5, 0.6) is 0 Å². The first kappa shape index (κ1) is 6.84. The largest absolute Gasteiger partial charge is 0.294 e.